The molecule has 3 N–H and O–H groups in total. The molecule has 0 bridgehead atoms. The highest BCUT2D eigenvalue weighted by molar-refractivity contribution is 5.88. The first kappa shape index (κ1) is 21.3. The van der Waals surface area contributed by atoms with Crippen LogP contribution in [0.4, 0.5) is 17.3 Å². The molecule has 0 fully saturated rings. The fraction of sp³-hybridized carbons (Fsp3) is 0.217. The van der Waals surface area contributed by atoms with E-state index in [-0.39, 0.29) is 5.56 Å². The van der Waals surface area contributed by atoms with Gasteiger partial charge in [-0.15, -0.1) is 0 Å². The Balaban J connectivity index is 1.58. The highest BCUT2D eigenvalue weighted by atomic mass is 16.4. The average Bonchev–Trinajstić information content (AvgIpc) is 3.09. The van der Waals surface area contributed by atoms with Gasteiger partial charge < -0.3 is 20.6 Å². The van der Waals surface area contributed by atoms with Crippen molar-refractivity contribution in [3.05, 3.63) is 66.1 Å². The minimum atomic E-state index is -0.964. The van der Waals surface area contributed by atoms with Gasteiger partial charge in [-0.05, 0) is 57.4 Å². The predicted molar refractivity (Wildman–Crippen MR) is 125 cm³/mol. The topological polar surface area (TPSA) is 108 Å². The number of carboxylic acid groups (broad SMARTS) is 1. The van der Waals surface area contributed by atoms with E-state index in [1.54, 1.807) is 18.3 Å². The van der Waals surface area contributed by atoms with Crippen LogP contribution in [-0.2, 0) is 0 Å². The van der Waals surface area contributed by atoms with Crippen LogP contribution in [0.25, 0.3) is 17.0 Å². The molecule has 0 radical (unpaired) electrons. The van der Waals surface area contributed by atoms with E-state index in [4.69, 9.17) is 10.1 Å². The molecule has 32 heavy (non-hydrogen) atoms. The number of aromatic nitrogens is 4. The molecule has 3 heterocycles. The number of likely N-dealkylation sites (N-methyl/N-ethyl adjacent to an activating group) is 1. The van der Waals surface area contributed by atoms with Crippen LogP contribution in [0.15, 0.2) is 54.9 Å². The fourth-order valence-corrected chi connectivity index (χ4v) is 3.38. The van der Waals surface area contributed by atoms with E-state index in [1.807, 2.05) is 49.8 Å². The van der Waals surface area contributed by atoms with E-state index in [9.17, 15) is 4.79 Å². The van der Waals surface area contributed by atoms with E-state index >= 15 is 0 Å². The van der Waals surface area contributed by atoms with Crippen LogP contribution in [-0.4, -0.2) is 62.5 Å². The van der Waals surface area contributed by atoms with Crippen LogP contribution >= 0.6 is 0 Å². The second kappa shape index (κ2) is 9.03. The van der Waals surface area contributed by atoms with Crippen molar-refractivity contribution in [1.29, 1.82) is 0 Å². The van der Waals surface area contributed by atoms with Gasteiger partial charge in [0.2, 0.25) is 5.95 Å². The molecule has 0 spiro atoms. The molecule has 0 unspecified atom stereocenters. The molecule has 4 rings (SSSR count). The second-order valence-electron chi connectivity index (χ2n) is 7.69. The monoisotopic (exact) mass is 431 g/mol. The number of nitrogens with zero attached hydrogens (tertiary/aromatic N) is 5. The number of carboxylic acids is 1. The summed E-state index contributed by atoms with van der Waals surface area (Å²) in [6.07, 6.45) is 3.68. The van der Waals surface area contributed by atoms with Gasteiger partial charge in [0, 0.05) is 42.9 Å². The third-order valence-corrected chi connectivity index (χ3v) is 4.97. The lowest BCUT2D eigenvalue weighted by atomic mass is 10.2. The van der Waals surface area contributed by atoms with E-state index in [1.165, 1.54) is 12.1 Å². The van der Waals surface area contributed by atoms with Crippen LogP contribution in [0.5, 0.6) is 0 Å². The number of anilines is 3. The Morgan fingerprint density at radius 3 is 2.59 bits per heavy atom. The Hall–Kier alpha value is -3.98. The van der Waals surface area contributed by atoms with E-state index < -0.39 is 5.97 Å². The molecule has 0 saturated carbocycles. The predicted octanol–water partition coefficient (Wildman–Crippen LogP) is 3.52. The van der Waals surface area contributed by atoms with E-state index in [2.05, 4.69) is 25.5 Å². The van der Waals surface area contributed by atoms with Crippen LogP contribution in [0.1, 0.15) is 16.1 Å². The van der Waals surface area contributed by atoms with Crippen LogP contribution in [0.2, 0.25) is 0 Å². The number of hydrogen-bond donors (Lipinski definition) is 3. The molecule has 0 amide bonds. The van der Waals surface area contributed by atoms with Gasteiger partial charge in [-0.3, -0.25) is 4.40 Å². The maximum absolute atomic E-state index is 11.0. The highest BCUT2D eigenvalue weighted by Gasteiger charge is 2.14. The molecule has 164 valence electrons. The van der Waals surface area contributed by atoms with Gasteiger partial charge in [0.15, 0.2) is 0 Å². The molecule has 0 aliphatic rings. The fourth-order valence-electron chi connectivity index (χ4n) is 3.38. The Kier molecular flexibility index (Phi) is 6.00. The SMILES string of the molecule is Cc1nc2cc(NCCN(C)C)ccn2c1-c1ccnc(Nc2ccc(C(=O)O)cc2)n1. The molecule has 9 nitrogen and oxygen atoms in total. The maximum atomic E-state index is 11.0. The summed E-state index contributed by atoms with van der Waals surface area (Å²) < 4.78 is 2.01. The molecule has 1 aromatic carbocycles. The number of rotatable bonds is 8. The Bertz CT molecular complexity index is 1250. The Morgan fingerprint density at radius 1 is 1.09 bits per heavy atom. The smallest absolute Gasteiger partial charge is 0.335 e. The minimum Gasteiger partial charge on any atom is -0.478 e. The van der Waals surface area contributed by atoms with Gasteiger partial charge in [-0.25, -0.2) is 19.7 Å². The third-order valence-electron chi connectivity index (χ3n) is 4.97. The molecule has 0 aliphatic carbocycles. The summed E-state index contributed by atoms with van der Waals surface area (Å²) in [6, 6.07) is 12.3. The molecule has 0 aliphatic heterocycles. The first-order valence-electron chi connectivity index (χ1n) is 10.2. The number of pyridine rings is 1. The lowest BCUT2D eigenvalue weighted by Gasteiger charge is -2.11. The molecule has 0 saturated heterocycles. The first-order valence-corrected chi connectivity index (χ1v) is 10.2. The zero-order valence-electron chi connectivity index (χ0n) is 18.2. The van der Waals surface area contributed by atoms with E-state index in [0.29, 0.717) is 11.6 Å². The first-order chi connectivity index (χ1) is 15.4. The number of hydrogen-bond acceptors (Lipinski definition) is 7. The summed E-state index contributed by atoms with van der Waals surface area (Å²) in [7, 11) is 4.09. The molecular weight excluding hydrogens is 406 g/mol. The summed E-state index contributed by atoms with van der Waals surface area (Å²) in [4.78, 5) is 26.8. The van der Waals surface area contributed by atoms with Gasteiger partial charge in [0.25, 0.3) is 0 Å². The van der Waals surface area contributed by atoms with Crippen LogP contribution < -0.4 is 10.6 Å². The van der Waals surface area contributed by atoms with Crippen molar-refractivity contribution in [2.75, 3.05) is 37.8 Å². The van der Waals surface area contributed by atoms with Crippen molar-refractivity contribution in [1.82, 2.24) is 24.3 Å². The molecule has 0 atom stereocenters. The summed E-state index contributed by atoms with van der Waals surface area (Å²) in [5, 5.41) is 15.6. The lowest BCUT2D eigenvalue weighted by Crippen LogP contribution is -2.20. The number of aryl methyl sites for hydroxylation is 1. The van der Waals surface area contributed by atoms with Gasteiger partial charge in [0.1, 0.15) is 5.65 Å². The highest BCUT2D eigenvalue weighted by Crippen LogP contribution is 2.26. The normalized spacial score (nSPS) is 11.1. The lowest BCUT2D eigenvalue weighted by molar-refractivity contribution is 0.0697. The number of benzene rings is 1. The van der Waals surface area contributed by atoms with Crippen molar-refractivity contribution < 1.29 is 9.90 Å². The van der Waals surface area contributed by atoms with Gasteiger partial charge in [0.05, 0.1) is 22.6 Å². The summed E-state index contributed by atoms with van der Waals surface area (Å²) >= 11 is 0. The average molecular weight is 432 g/mol. The van der Waals surface area contributed by atoms with Crippen molar-refractivity contribution in [3.8, 4) is 11.4 Å². The Morgan fingerprint density at radius 2 is 1.88 bits per heavy atom. The number of imidazole rings is 1. The number of fused-ring (bicyclic) bond motifs is 1. The molecular formula is C23H25N7O2. The van der Waals surface area contributed by atoms with Crippen LogP contribution in [0, 0.1) is 6.92 Å². The van der Waals surface area contributed by atoms with E-state index in [0.717, 1.165) is 41.5 Å². The summed E-state index contributed by atoms with van der Waals surface area (Å²) in [6.45, 7) is 3.76. The minimum absolute atomic E-state index is 0.224. The van der Waals surface area contributed by atoms with Crippen molar-refractivity contribution in [2.24, 2.45) is 0 Å². The quantitative estimate of drug-likeness (QED) is 0.389. The number of nitrogens with one attached hydrogen (secondary N) is 2. The molecule has 4 aromatic rings. The van der Waals surface area contributed by atoms with Crippen molar-refractivity contribution >= 4 is 28.9 Å². The van der Waals surface area contributed by atoms with Gasteiger partial charge in [-0.1, -0.05) is 0 Å². The summed E-state index contributed by atoms with van der Waals surface area (Å²) in [5.41, 5.74) is 5.29. The molecule has 9 heteroatoms. The largest absolute Gasteiger partial charge is 0.478 e. The zero-order chi connectivity index (χ0) is 22.7. The standard InChI is InChI=1S/C23H25N7O2/c1-15-21(30-12-9-18(14-20(30)26-15)24-11-13-29(2)3)19-8-10-25-23(28-19)27-17-6-4-16(5-7-17)22(31)32/h4-10,12,14,24H,11,13H2,1-3H3,(H,31,32)(H,25,27,28). The molecule has 3 aromatic heterocycles. The van der Waals surface area contributed by atoms with Crippen molar-refractivity contribution in [3.63, 3.8) is 0 Å². The zero-order valence-corrected chi connectivity index (χ0v) is 18.2. The number of carbonyl (C=O) groups is 1. The second-order valence-corrected chi connectivity index (χ2v) is 7.69. The van der Waals surface area contributed by atoms with Crippen molar-refractivity contribution in [2.45, 2.75) is 6.92 Å². The third kappa shape index (κ3) is 4.68. The Labute approximate surface area is 185 Å². The summed E-state index contributed by atoms with van der Waals surface area (Å²) in [5.74, 6) is -0.546. The van der Waals surface area contributed by atoms with Gasteiger partial charge >= 0.3 is 5.97 Å². The van der Waals surface area contributed by atoms with Gasteiger partial charge in [-0.2, -0.15) is 0 Å². The number of aromatic carboxylic acids is 1. The maximum Gasteiger partial charge on any atom is 0.335 e. The van der Waals surface area contributed by atoms with Crippen LogP contribution in [0.3, 0.4) is 0 Å².